The van der Waals surface area contributed by atoms with Crippen LogP contribution >= 0.6 is 0 Å². The van der Waals surface area contributed by atoms with Crippen LogP contribution in [-0.4, -0.2) is 4.75 Å². The average molecular weight is 128 g/mol. The van der Waals surface area contributed by atoms with Crippen LogP contribution in [0.1, 0.15) is 13.8 Å². The number of rotatable bonds is 1. The Balaban J connectivity index is 4.05. The number of hydrogen-bond acceptors (Lipinski definition) is 1. The van der Waals surface area contributed by atoms with E-state index in [1.165, 1.54) is 0 Å². The van der Waals surface area contributed by atoms with Crippen molar-refractivity contribution in [3.8, 4) is 11.8 Å². The van der Waals surface area contributed by atoms with Crippen molar-refractivity contribution >= 4 is 11.7 Å². The summed E-state index contributed by atoms with van der Waals surface area (Å²) in [5.74, 6) is 5.29. The van der Waals surface area contributed by atoms with E-state index in [0.29, 0.717) is 11.7 Å². The van der Waals surface area contributed by atoms with Gasteiger partial charge in [-0.3, -0.25) is 0 Å². The van der Waals surface area contributed by atoms with Gasteiger partial charge < -0.3 is 0 Å². The van der Waals surface area contributed by atoms with Gasteiger partial charge in [-0.1, -0.05) is 0 Å². The van der Waals surface area contributed by atoms with Crippen molar-refractivity contribution in [1.29, 1.82) is 0 Å². The molecule has 0 aliphatic heterocycles. The molecule has 0 spiro atoms. The molecule has 8 heavy (non-hydrogen) atoms. The molecule has 0 aromatic heterocycles. The van der Waals surface area contributed by atoms with Gasteiger partial charge in [0.15, 0.2) is 0 Å². The van der Waals surface area contributed by atoms with Crippen molar-refractivity contribution in [3.05, 3.63) is 6.92 Å². The molecule has 0 aromatic carbocycles. The molecule has 1 nitrogen and oxygen atoms in total. The molecule has 0 saturated carbocycles. The summed E-state index contributed by atoms with van der Waals surface area (Å²) in [6, 6.07) is 0. The third kappa shape index (κ3) is 2.70. The predicted molar refractivity (Wildman–Crippen MR) is 35.3 cm³/mol. The van der Waals surface area contributed by atoms with Crippen molar-refractivity contribution in [2.45, 2.75) is 18.6 Å². The molecule has 1 unspecified atom stereocenters. The standard InChI is InChI=1S/C6H8OS/c1-4-5-6(2,3)8-7/h2H2,1,3H3/q+1. The Morgan fingerprint density at radius 2 is 2.25 bits per heavy atom. The second kappa shape index (κ2) is 2.78. The largest absolute Gasteiger partial charge is 0.479 e. The quantitative estimate of drug-likeness (QED) is 0.381. The zero-order valence-electron chi connectivity index (χ0n) is 5.02. The van der Waals surface area contributed by atoms with Crippen LogP contribution in [0.5, 0.6) is 0 Å². The minimum atomic E-state index is -0.658. The van der Waals surface area contributed by atoms with Crippen LogP contribution in [0.3, 0.4) is 0 Å². The highest BCUT2D eigenvalue weighted by Crippen LogP contribution is 2.00. The van der Waals surface area contributed by atoms with Crippen LogP contribution in [0.2, 0.25) is 0 Å². The fourth-order valence-corrected chi connectivity index (χ4v) is 0.429. The summed E-state index contributed by atoms with van der Waals surface area (Å²) in [6.45, 7) is 6.94. The molecule has 0 aliphatic carbocycles. The van der Waals surface area contributed by atoms with Gasteiger partial charge in [-0.25, -0.2) is 0 Å². The van der Waals surface area contributed by atoms with E-state index in [0.717, 1.165) is 0 Å². The van der Waals surface area contributed by atoms with Gasteiger partial charge in [0.05, 0.1) is 0 Å². The van der Waals surface area contributed by atoms with Gasteiger partial charge in [0.2, 0.25) is 0 Å². The fourth-order valence-electron chi connectivity index (χ4n) is 0.285. The molecular weight excluding hydrogens is 120 g/mol. The minimum absolute atomic E-state index is 0.417. The molecular formula is C6H8OS+. The van der Waals surface area contributed by atoms with E-state index in [1.54, 1.807) is 13.8 Å². The topological polar surface area (TPSA) is 17.1 Å². The molecule has 43 valence electrons. The Morgan fingerprint density at radius 3 is 2.38 bits per heavy atom. The van der Waals surface area contributed by atoms with E-state index >= 15 is 0 Å². The Kier molecular flexibility index (Phi) is 2.64. The van der Waals surface area contributed by atoms with Gasteiger partial charge >= 0.3 is 16.4 Å². The molecule has 0 amide bonds. The highest BCUT2D eigenvalue weighted by molar-refractivity contribution is 7.67. The summed E-state index contributed by atoms with van der Waals surface area (Å²) in [7, 11) is 0. The van der Waals surface area contributed by atoms with Crippen LogP contribution < -0.4 is 0 Å². The van der Waals surface area contributed by atoms with Crippen molar-refractivity contribution in [3.63, 3.8) is 0 Å². The SMILES string of the molecule is [CH2]C(C)(C#CC)[S+]=O. The maximum Gasteiger partial charge on any atom is 0.479 e. The third-order valence-corrected chi connectivity index (χ3v) is 1.04. The van der Waals surface area contributed by atoms with Gasteiger partial charge in [0, 0.05) is 18.1 Å². The second-order valence-electron chi connectivity index (χ2n) is 1.69. The molecule has 0 saturated heterocycles. The molecule has 2 heteroatoms. The lowest BCUT2D eigenvalue weighted by Gasteiger charge is -1.87. The van der Waals surface area contributed by atoms with Crippen molar-refractivity contribution in [2.75, 3.05) is 0 Å². The van der Waals surface area contributed by atoms with Crippen LogP contribution in [0, 0.1) is 18.8 Å². The zero-order chi connectivity index (χ0) is 6.62. The van der Waals surface area contributed by atoms with Crippen LogP contribution in [0.25, 0.3) is 0 Å². The van der Waals surface area contributed by atoms with E-state index in [2.05, 4.69) is 18.8 Å². The molecule has 1 atom stereocenters. The second-order valence-corrected chi connectivity index (χ2v) is 2.76. The maximum absolute atomic E-state index is 10.1. The summed E-state index contributed by atoms with van der Waals surface area (Å²) in [4.78, 5) is 0. The lowest BCUT2D eigenvalue weighted by Crippen LogP contribution is -2.14. The zero-order valence-corrected chi connectivity index (χ0v) is 5.84. The molecule has 0 aliphatic rings. The van der Waals surface area contributed by atoms with Crippen molar-refractivity contribution in [1.82, 2.24) is 0 Å². The maximum atomic E-state index is 10.1. The first kappa shape index (κ1) is 7.58. The first-order valence-corrected chi connectivity index (χ1v) is 2.97. The van der Waals surface area contributed by atoms with Crippen LogP contribution in [0.15, 0.2) is 0 Å². The van der Waals surface area contributed by atoms with Crippen LogP contribution in [-0.2, 0) is 15.9 Å². The van der Waals surface area contributed by atoms with Crippen LogP contribution in [0.4, 0.5) is 0 Å². The lowest BCUT2D eigenvalue weighted by atomic mass is 10.2. The van der Waals surface area contributed by atoms with E-state index < -0.39 is 4.75 Å². The van der Waals surface area contributed by atoms with E-state index in [9.17, 15) is 4.21 Å². The number of hydrogen-bond donors (Lipinski definition) is 0. The Morgan fingerprint density at radius 1 is 1.75 bits per heavy atom. The monoisotopic (exact) mass is 128 g/mol. The lowest BCUT2D eigenvalue weighted by molar-refractivity contribution is 0.598. The molecule has 0 rings (SSSR count). The first-order chi connectivity index (χ1) is 3.62. The molecule has 0 aromatic rings. The van der Waals surface area contributed by atoms with Gasteiger partial charge in [0.1, 0.15) is 0 Å². The van der Waals surface area contributed by atoms with E-state index in [4.69, 9.17) is 0 Å². The first-order valence-electron chi connectivity index (χ1n) is 2.22. The fraction of sp³-hybridized carbons (Fsp3) is 0.500. The van der Waals surface area contributed by atoms with Crippen molar-refractivity contribution in [2.24, 2.45) is 0 Å². The molecule has 0 bridgehead atoms. The molecule has 0 heterocycles. The molecule has 0 fully saturated rings. The summed E-state index contributed by atoms with van der Waals surface area (Å²) in [6.07, 6.45) is 0. The van der Waals surface area contributed by atoms with Gasteiger partial charge in [-0.15, -0.1) is 5.92 Å². The Bertz CT molecular complexity index is 138. The van der Waals surface area contributed by atoms with Gasteiger partial charge in [0.25, 0.3) is 0 Å². The third-order valence-electron chi connectivity index (χ3n) is 0.573. The Labute approximate surface area is 54.0 Å². The minimum Gasteiger partial charge on any atom is -0.100 e. The van der Waals surface area contributed by atoms with Gasteiger partial charge in [-0.05, 0) is 12.8 Å². The molecule has 1 radical (unpaired) electrons. The molecule has 0 N–H and O–H groups in total. The summed E-state index contributed by atoms with van der Waals surface area (Å²) >= 11 is 0.417. The average Bonchev–Trinajstić information content (AvgIpc) is 1.67. The van der Waals surface area contributed by atoms with E-state index in [1.807, 2.05) is 0 Å². The summed E-state index contributed by atoms with van der Waals surface area (Å²) in [5, 5.41) is 0. The van der Waals surface area contributed by atoms with Gasteiger partial charge in [-0.2, -0.15) is 0 Å². The highest BCUT2D eigenvalue weighted by atomic mass is 32.1. The summed E-state index contributed by atoms with van der Waals surface area (Å²) < 4.78 is 9.44. The Hall–Kier alpha value is -0.420. The predicted octanol–water partition coefficient (Wildman–Crippen LogP) is 1.03. The van der Waals surface area contributed by atoms with E-state index in [-0.39, 0.29) is 0 Å². The highest BCUT2D eigenvalue weighted by Gasteiger charge is 2.29. The normalized spacial score (nSPS) is 9.38. The smallest absolute Gasteiger partial charge is 0.100 e. The van der Waals surface area contributed by atoms with Crippen molar-refractivity contribution < 1.29 is 4.21 Å². The summed E-state index contributed by atoms with van der Waals surface area (Å²) in [5.41, 5.74) is 0.